The minimum Gasteiger partial charge on any atom is -0.494 e. The molecule has 3 nitrogen and oxygen atoms in total. The highest BCUT2D eigenvalue weighted by Gasteiger charge is 2.23. The van der Waals surface area contributed by atoms with E-state index in [9.17, 15) is 0 Å². The van der Waals surface area contributed by atoms with Gasteiger partial charge in [-0.05, 0) is 61.3 Å². The molecule has 0 unspecified atom stereocenters. The van der Waals surface area contributed by atoms with Crippen molar-refractivity contribution in [2.24, 2.45) is 11.8 Å². The maximum Gasteiger partial charge on any atom is 0.183 e. The number of allylic oxidation sites excluding steroid dienone is 1. The van der Waals surface area contributed by atoms with Crippen molar-refractivity contribution in [3.8, 4) is 16.9 Å². The largest absolute Gasteiger partial charge is 0.494 e. The monoisotopic (exact) mass is 436 g/mol. The molecule has 0 saturated carbocycles. The molecule has 0 radical (unpaired) electrons. The number of unbranched alkanes of at least 4 members (excludes halogenated alkanes) is 2. The summed E-state index contributed by atoms with van der Waals surface area (Å²) in [7, 11) is 0. The van der Waals surface area contributed by atoms with Crippen molar-refractivity contribution in [2.45, 2.75) is 65.1 Å². The Bertz CT molecular complexity index is 773. The molecule has 32 heavy (non-hydrogen) atoms. The molecular weight excluding hydrogens is 396 g/mol. The van der Waals surface area contributed by atoms with Crippen LogP contribution in [0.2, 0.25) is 0 Å². The third-order valence-corrected chi connectivity index (χ3v) is 6.41. The summed E-state index contributed by atoms with van der Waals surface area (Å²) in [5.74, 6) is 2.23. The fraction of sp³-hybridized carbons (Fsp3) is 0.517. The van der Waals surface area contributed by atoms with Gasteiger partial charge in [0.05, 0.1) is 19.8 Å². The van der Waals surface area contributed by atoms with E-state index in [0.717, 1.165) is 56.3 Å². The number of ether oxygens (including phenoxy) is 3. The van der Waals surface area contributed by atoms with Gasteiger partial charge in [-0.25, -0.2) is 0 Å². The van der Waals surface area contributed by atoms with Gasteiger partial charge in [-0.1, -0.05) is 69.2 Å². The molecule has 0 amide bonds. The zero-order valence-electron chi connectivity index (χ0n) is 19.9. The normalized spacial score (nSPS) is 19.4. The van der Waals surface area contributed by atoms with Crippen molar-refractivity contribution in [1.29, 1.82) is 0 Å². The zero-order chi connectivity index (χ0) is 22.6. The summed E-state index contributed by atoms with van der Waals surface area (Å²) in [5.41, 5.74) is 3.46. The highest BCUT2D eigenvalue weighted by molar-refractivity contribution is 5.64. The number of benzene rings is 2. The maximum absolute atomic E-state index is 6.00. The van der Waals surface area contributed by atoms with Gasteiger partial charge in [-0.15, -0.1) is 6.58 Å². The van der Waals surface area contributed by atoms with Crippen LogP contribution in [0.15, 0.2) is 61.2 Å². The average Bonchev–Trinajstić information content (AvgIpc) is 2.85. The van der Waals surface area contributed by atoms with E-state index in [2.05, 4.69) is 69.0 Å². The Balaban J connectivity index is 1.44. The van der Waals surface area contributed by atoms with E-state index in [0.29, 0.717) is 5.92 Å². The maximum atomic E-state index is 6.00. The second-order valence-corrected chi connectivity index (χ2v) is 9.09. The average molecular weight is 437 g/mol. The van der Waals surface area contributed by atoms with Crippen molar-refractivity contribution < 1.29 is 14.2 Å². The van der Waals surface area contributed by atoms with E-state index in [1.807, 2.05) is 6.08 Å². The minimum atomic E-state index is -0.250. The van der Waals surface area contributed by atoms with Crippen LogP contribution in [0.25, 0.3) is 11.1 Å². The van der Waals surface area contributed by atoms with Crippen LogP contribution in [-0.2, 0) is 9.47 Å². The lowest BCUT2D eigenvalue weighted by atomic mass is 10.0. The first-order valence-electron chi connectivity index (χ1n) is 12.4. The number of hydrogen-bond donors (Lipinski definition) is 0. The molecule has 0 N–H and O–H groups in total. The summed E-state index contributed by atoms with van der Waals surface area (Å²) in [5, 5.41) is 0. The Hall–Kier alpha value is -2.10. The van der Waals surface area contributed by atoms with Crippen molar-refractivity contribution in [3.05, 3.63) is 66.7 Å². The third-order valence-electron chi connectivity index (χ3n) is 6.41. The van der Waals surface area contributed by atoms with Gasteiger partial charge in [0, 0.05) is 11.5 Å². The predicted molar refractivity (Wildman–Crippen MR) is 133 cm³/mol. The van der Waals surface area contributed by atoms with Gasteiger partial charge in [0.25, 0.3) is 0 Å². The summed E-state index contributed by atoms with van der Waals surface area (Å²) in [4.78, 5) is 0. The molecule has 2 aromatic rings. The van der Waals surface area contributed by atoms with E-state index < -0.39 is 0 Å². The topological polar surface area (TPSA) is 27.7 Å². The highest BCUT2D eigenvalue weighted by atomic mass is 16.7. The lowest BCUT2D eigenvalue weighted by Crippen LogP contribution is -2.27. The minimum absolute atomic E-state index is 0.250. The molecule has 3 rings (SSSR count). The van der Waals surface area contributed by atoms with E-state index >= 15 is 0 Å². The molecule has 3 heteroatoms. The van der Waals surface area contributed by atoms with Gasteiger partial charge in [0.2, 0.25) is 0 Å². The van der Waals surface area contributed by atoms with Crippen LogP contribution >= 0.6 is 0 Å². The Labute approximate surface area is 194 Å². The van der Waals surface area contributed by atoms with E-state index in [1.165, 1.54) is 36.8 Å². The van der Waals surface area contributed by atoms with Crippen LogP contribution in [0.4, 0.5) is 0 Å². The summed E-state index contributed by atoms with van der Waals surface area (Å²) in [6.07, 6.45) is 10.00. The summed E-state index contributed by atoms with van der Waals surface area (Å²) in [6.45, 7) is 10.7. The lowest BCUT2D eigenvalue weighted by Gasteiger charge is -2.29. The van der Waals surface area contributed by atoms with Gasteiger partial charge >= 0.3 is 0 Å². The lowest BCUT2D eigenvalue weighted by molar-refractivity contribution is -0.206. The summed E-state index contributed by atoms with van der Waals surface area (Å²) >= 11 is 0. The fourth-order valence-electron chi connectivity index (χ4n) is 4.03. The molecule has 0 aliphatic carbocycles. The van der Waals surface area contributed by atoms with Gasteiger partial charge in [0.15, 0.2) is 6.29 Å². The van der Waals surface area contributed by atoms with Crippen LogP contribution in [0.5, 0.6) is 5.75 Å². The second kappa shape index (κ2) is 13.4. The Morgan fingerprint density at radius 2 is 1.62 bits per heavy atom. The first-order chi connectivity index (χ1) is 15.7. The molecule has 1 fully saturated rings. The molecular formula is C29H40O3. The zero-order valence-corrected chi connectivity index (χ0v) is 19.9. The van der Waals surface area contributed by atoms with Gasteiger partial charge in [-0.2, -0.15) is 0 Å². The summed E-state index contributed by atoms with van der Waals surface area (Å²) in [6, 6.07) is 16.9. The van der Waals surface area contributed by atoms with Gasteiger partial charge in [0.1, 0.15) is 5.75 Å². The van der Waals surface area contributed by atoms with Crippen molar-refractivity contribution in [3.63, 3.8) is 0 Å². The predicted octanol–water partition coefficient (Wildman–Crippen LogP) is 7.97. The molecule has 1 aliphatic heterocycles. The highest BCUT2D eigenvalue weighted by Crippen LogP contribution is 2.29. The standard InChI is InChI=1S/C29H40O3/c1-4-6-7-8-11-24-21-31-29(32-22-24)27-14-12-25(13-15-27)26-16-18-28(19-17-26)30-20-9-10-23(3)5-2/h4,12-19,23-24,29H,1,5-11,20-22H2,2-3H3/t23-,24-,29-/m0/s1. The smallest absolute Gasteiger partial charge is 0.183 e. The number of rotatable bonds is 13. The van der Waals surface area contributed by atoms with Crippen LogP contribution in [0.3, 0.4) is 0 Å². The van der Waals surface area contributed by atoms with Crippen LogP contribution in [0, 0.1) is 11.8 Å². The molecule has 1 aliphatic rings. The first kappa shape index (κ1) is 24.5. The van der Waals surface area contributed by atoms with Crippen molar-refractivity contribution in [2.75, 3.05) is 19.8 Å². The molecule has 0 bridgehead atoms. The molecule has 0 aromatic heterocycles. The van der Waals surface area contributed by atoms with E-state index in [1.54, 1.807) is 0 Å². The molecule has 0 spiro atoms. The molecule has 1 atom stereocenters. The van der Waals surface area contributed by atoms with Crippen LogP contribution in [-0.4, -0.2) is 19.8 Å². The Morgan fingerprint density at radius 1 is 0.969 bits per heavy atom. The van der Waals surface area contributed by atoms with Gasteiger partial charge < -0.3 is 14.2 Å². The van der Waals surface area contributed by atoms with Crippen LogP contribution in [0.1, 0.15) is 70.6 Å². The Kier molecular flexibility index (Phi) is 10.3. The molecule has 174 valence electrons. The number of hydrogen-bond acceptors (Lipinski definition) is 3. The van der Waals surface area contributed by atoms with E-state index in [-0.39, 0.29) is 6.29 Å². The summed E-state index contributed by atoms with van der Waals surface area (Å²) < 4.78 is 17.9. The van der Waals surface area contributed by atoms with Crippen molar-refractivity contribution >= 4 is 0 Å². The second-order valence-electron chi connectivity index (χ2n) is 9.09. The quantitative estimate of drug-likeness (QED) is 0.235. The Morgan fingerprint density at radius 3 is 2.25 bits per heavy atom. The first-order valence-corrected chi connectivity index (χ1v) is 12.4. The van der Waals surface area contributed by atoms with Crippen molar-refractivity contribution in [1.82, 2.24) is 0 Å². The SMILES string of the molecule is C=CCCCC[C@H]1CO[C@H](c2ccc(-c3ccc(OCCC[C@@H](C)CC)cc3)cc2)OC1. The van der Waals surface area contributed by atoms with E-state index in [4.69, 9.17) is 14.2 Å². The van der Waals surface area contributed by atoms with Gasteiger partial charge in [-0.3, -0.25) is 0 Å². The fourth-order valence-corrected chi connectivity index (χ4v) is 4.03. The van der Waals surface area contributed by atoms with Crippen LogP contribution < -0.4 is 4.74 Å². The third kappa shape index (κ3) is 7.79. The molecule has 2 aromatic carbocycles. The molecule has 1 heterocycles. The molecule has 1 saturated heterocycles.